The maximum absolute atomic E-state index is 5.45. The van der Waals surface area contributed by atoms with E-state index < -0.39 is 0 Å². The Hall–Kier alpha value is -2.73. The van der Waals surface area contributed by atoms with Crippen molar-refractivity contribution in [1.82, 2.24) is 14.8 Å². The van der Waals surface area contributed by atoms with Crippen molar-refractivity contribution in [1.29, 1.82) is 0 Å². The first-order chi connectivity index (χ1) is 13.6. The van der Waals surface area contributed by atoms with E-state index in [1.165, 1.54) is 30.4 Å². The van der Waals surface area contributed by atoms with Gasteiger partial charge >= 0.3 is 0 Å². The van der Waals surface area contributed by atoms with Crippen molar-refractivity contribution in [3.63, 3.8) is 0 Å². The monoisotopic (exact) mass is 391 g/mol. The molecule has 1 aromatic heterocycles. The van der Waals surface area contributed by atoms with E-state index >= 15 is 0 Å². The SMILES string of the molecule is Cc1ccc(NC(=S)Nc2ccc(-c3nnc4n3CCCCC4)cc2)cc1C. The summed E-state index contributed by atoms with van der Waals surface area (Å²) in [7, 11) is 0. The number of rotatable bonds is 3. The predicted octanol–water partition coefficient (Wildman–Crippen LogP) is 5.10. The summed E-state index contributed by atoms with van der Waals surface area (Å²) in [6, 6.07) is 14.4. The van der Waals surface area contributed by atoms with Crippen LogP contribution in [0.4, 0.5) is 11.4 Å². The van der Waals surface area contributed by atoms with Gasteiger partial charge in [-0.15, -0.1) is 10.2 Å². The van der Waals surface area contributed by atoms with Gasteiger partial charge < -0.3 is 15.2 Å². The first-order valence-electron chi connectivity index (χ1n) is 9.78. The molecule has 1 aliphatic rings. The van der Waals surface area contributed by atoms with Crippen molar-refractivity contribution in [2.24, 2.45) is 0 Å². The van der Waals surface area contributed by atoms with Gasteiger partial charge in [0.05, 0.1) is 0 Å². The number of aryl methyl sites for hydroxylation is 3. The summed E-state index contributed by atoms with van der Waals surface area (Å²) in [4.78, 5) is 0. The van der Waals surface area contributed by atoms with Crippen LogP contribution in [0, 0.1) is 13.8 Å². The fraction of sp³-hybridized carbons (Fsp3) is 0.318. The number of aromatic nitrogens is 3. The van der Waals surface area contributed by atoms with Crippen molar-refractivity contribution in [3.8, 4) is 11.4 Å². The lowest BCUT2D eigenvalue weighted by Gasteiger charge is -2.12. The highest BCUT2D eigenvalue weighted by Crippen LogP contribution is 2.24. The molecule has 2 N–H and O–H groups in total. The molecule has 1 aliphatic heterocycles. The van der Waals surface area contributed by atoms with Gasteiger partial charge in [0.15, 0.2) is 10.9 Å². The Balaban J connectivity index is 1.44. The van der Waals surface area contributed by atoms with Crippen LogP contribution in [0.5, 0.6) is 0 Å². The highest BCUT2D eigenvalue weighted by Gasteiger charge is 2.15. The Kier molecular flexibility index (Phi) is 5.39. The average molecular weight is 392 g/mol. The van der Waals surface area contributed by atoms with Crippen LogP contribution in [0.1, 0.15) is 36.2 Å². The van der Waals surface area contributed by atoms with E-state index in [9.17, 15) is 0 Å². The van der Waals surface area contributed by atoms with Crippen LogP contribution in [0.25, 0.3) is 11.4 Å². The molecular weight excluding hydrogens is 366 g/mol. The van der Waals surface area contributed by atoms with Gasteiger partial charge in [-0.3, -0.25) is 0 Å². The molecule has 28 heavy (non-hydrogen) atoms. The molecule has 2 aromatic carbocycles. The van der Waals surface area contributed by atoms with E-state index in [-0.39, 0.29) is 0 Å². The lowest BCUT2D eigenvalue weighted by atomic mass is 10.1. The van der Waals surface area contributed by atoms with E-state index in [1.807, 2.05) is 18.2 Å². The topological polar surface area (TPSA) is 54.8 Å². The van der Waals surface area contributed by atoms with Crippen molar-refractivity contribution < 1.29 is 0 Å². The Morgan fingerprint density at radius 2 is 1.64 bits per heavy atom. The van der Waals surface area contributed by atoms with E-state index in [0.29, 0.717) is 5.11 Å². The van der Waals surface area contributed by atoms with E-state index in [2.05, 4.69) is 63.5 Å². The van der Waals surface area contributed by atoms with Crippen LogP contribution < -0.4 is 10.6 Å². The van der Waals surface area contributed by atoms with E-state index in [0.717, 1.165) is 41.6 Å². The molecular formula is C22H25N5S. The Labute approximate surface area is 171 Å². The largest absolute Gasteiger partial charge is 0.332 e. The third kappa shape index (κ3) is 4.07. The molecule has 2 heterocycles. The van der Waals surface area contributed by atoms with Gasteiger partial charge in [0, 0.05) is 29.9 Å². The fourth-order valence-electron chi connectivity index (χ4n) is 3.51. The average Bonchev–Trinajstić information content (AvgIpc) is 2.93. The maximum atomic E-state index is 5.45. The van der Waals surface area contributed by atoms with Crippen molar-refractivity contribution in [2.45, 2.75) is 46.1 Å². The summed E-state index contributed by atoms with van der Waals surface area (Å²) in [5, 5.41) is 15.9. The maximum Gasteiger partial charge on any atom is 0.175 e. The van der Waals surface area contributed by atoms with Crippen molar-refractivity contribution >= 4 is 28.7 Å². The minimum Gasteiger partial charge on any atom is -0.332 e. The molecule has 0 saturated heterocycles. The summed E-state index contributed by atoms with van der Waals surface area (Å²) >= 11 is 5.45. The third-order valence-corrected chi connectivity index (χ3v) is 5.48. The smallest absolute Gasteiger partial charge is 0.175 e. The second kappa shape index (κ2) is 8.10. The highest BCUT2D eigenvalue weighted by molar-refractivity contribution is 7.80. The van der Waals surface area contributed by atoms with Crippen molar-refractivity contribution in [3.05, 3.63) is 59.4 Å². The number of anilines is 2. The summed E-state index contributed by atoms with van der Waals surface area (Å²) in [5.74, 6) is 2.06. The fourth-order valence-corrected chi connectivity index (χ4v) is 3.75. The molecule has 0 unspecified atom stereocenters. The van der Waals surface area contributed by atoms with Crippen LogP contribution >= 0.6 is 12.2 Å². The number of nitrogens with one attached hydrogen (secondary N) is 2. The van der Waals surface area contributed by atoms with Crippen LogP contribution in [0.15, 0.2) is 42.5 Å². The summed E-state index contributed by atoms with van der Waals surface area (Å²) < 4.78 is 2.27. The molecule has 0 spiro atoms. The first kappa shape index (κ1) is 18.6. The zero-order valence-corrected chi connectivity index (χ0v) is 17.1. The standard InChI is InChI=1S/C22H25N5S/c1-15-7-10-19(14-16(15)2)24-22(28)23-18-11-8-17(9-12-18)21-26-25-20-6-4-3-5-13-27(20)21/h7-12,14H,3-6,13H2,1-2H3,(H2,23,24,28). The molecule has 0 aliphatic carbocycles. The Morgan fingerprint density at radius 1 is 0.893 bits per heavy atom. The van der Waals surface area contributed by atoms with Gasteiger partial charge in [0.25, 0.3) is 0 Å². The summed E-state index contributed by atoms with van der Waals surface area (Å²) in [6.45, 7) is 5.20. The lowest BCUT2D eigenvalue weighted by molar-refractivity contribution is 0.636. The van der Waals surface area contributed by atoms with Crippen LogP contribution in [0.3, 0.4) is 0 Å². The first-order valence-corrected chi connectivity index (χ1v) is 10.2. The Bertz CT molecular complexity index is 991. The van der Waals surface area contributed by atoms with Crippen LogP contribution in [-0.2, 0) is 13.0 Å². The summed E-state index contributed by atoms with van der Waals surface area (Å²) in [6.07, 6.45) is 4.67. The summed E-state index contributed by atoms with van der Waals surface area (Å²) in [5.41, 5.74) is 5.53. The molecule has 0 radical (unpaired) electrons. The van der Waals surface area contributed by atoms with E-state index in [1.54, 1.807) is 0 Å². The zero-order valence-electron chi connectivity index (χ0n) is 16.3. The predicted molar refractivity (Wildman–Crippen MR) is 119 cm³/mol. The number of fused-ring (bicyclic) bond motifs is 1. The van der Waals surface area contributed by atoms with Crippen LogP contribution in [0.2, 0.25) is 0 Å². The van der Waals surface area contributed by atoms with Crippen LogP contribution in [-0.4, -0.2) is 19.9 Å². The van der Waals surface area contributed by atoms with Gasteiger partial charge in [-0.2, -0.15) is 0 Å². The highest BCUT2D eigenvalue weighted by atomic mass is 32.1. The minimum atomic E-state index is 0.576. The van der Waals surface area contributed by atoms with Gasteiger partial charge in [-0.25, -0.2) is 0 Å². The Morgan fingerprint density at radius 3 is 2.43 bits per heavy atom. The lowest BCUT2D eigenvalue weighted by Crippen LogP contribution is -2.19. The zero-order chi connectivity index (χ0) is 19.5. The van der Waals surface area contributed by atoms with Gasteiger partial charge in [-0.05, 0) is 86.4 Å². The molecule has 4 rings (SSSR count). The number of thiocarbonyl (C=S) groups is 1. The molecule has 5 nitrogen and oxygen atoms in total. The second-order valence-electron chi connectivity index (χ2n) is 7.36. The van der Waals surface area contributed by atoms with Gasteiger partial charge in [0.1, 0.15) is 5.82 Å². The van der Waals surface area contributed by atoms with Gasteiger partial charge in [0.2, 0.25) is 0 Å². The molecule has 0 bridgehead atoms. The molecule has 6 heteroatoms. The molecule has 144 valence electrons. The minimum absolute atomic E-state index is 0.576. The molecule has 0 fully saturated rings. The molecule has 3 aromatic rings. The van der Waals surface area contributed by atoms with Gasteiger partial charge in [-0.1, -0.05) is 12.5 Å². The quantitative estimate of drug-likeness (QED) is 0.609. The molecule has 0 saturated carbocycles. The number of hydrogen-bond donors (Lipinski definition) is 2. The normalized spacial score (nSPS) is 13.5. The number of benzene rings is 2. The number of nitrogens with zero attached hydrogens (tertiary/aromatic N) is 3. The van der Waals surface area contributed by atoms with Crippen molar-refractivity contribution in [2.75, 3.05) is 10.6 Å². The van der Waals surface area contributed by atoms with E-state index in [4.69, 9.17) is 12.2 Å². The molecule has 0 atom stereocenters. The third-order valence-electron chi connectivity index (χ3n) is 5.28. The molecule has 0 amide bonds. The number of hydrogen-bond acceptors (Lipinski definition) is 3. The second-order valence-corrected chi connectivity index (χ2v) is 7.77.